The van der Waals surface area contributed by atoms with E-state index in [1.54, 1.807) is 78.3 Å². The third kappa shape index (κ3) is 8.61. The molecule has 1 aliphatic heterocycles. The molecule has 8 atom stereocenters. The second kappa shape index (κ2) is 20.2. The minimum absolute atomic E-state index is 0.0115. The zero-order chi connectivity index (χ0) is 56.9. The van der Waals surface area contributed by atoms with Crippen LogP contribution in [-0.2, 0) is 51.2 Å². The number of nitrogens with zero attached hydrogens (tertiary/aromatic N) is 4. The number of alkyl halides is 1. The number of ether oxygens (including phenoxy) is 1. The zero-order valence-electron chi connectivity index (χ0n) is 42.4. The summed E-state index contributed by atoms with van der Waals surface area (Å²) in [6, 6.07) is 1.05. The summed E-state index contributed by atoms with van der Waals surface area (Å²) in [6.45, 7) is -0.287. The molecule has 2 saturated carbocycles. The Bertz CT molecular complexity index is 3110. The molecule has 24 nitrogen and oxygen atoms in total. The molecule has 0 radical (unpaired) electrons. The normalized spacial score (nSPS) is 27.3. The number of anilines is 4. The van der Waals surface area contributed by atoms with E-state index in [1.807, 2.05) is 0 Å². The predicted molar refractivity (Wildman–Crippen MR) is 279 cm³/mol. The number of Topliss-reactive ketones (excluding diaryl/α,β-unsaturated/α-hetero) is 4. The van der Waals surface area contributed by atoms with Crippen molar-refractivity contribution in [3.05, 3.63) is 68.2 Å². The molecule has 3 amide bonds. The van der Waals surface area contributed by atoms with Crippen LogP contribution in [0.25, 0.3) is 11.5 Å². The fourth-order valence-corrected chi connectivity index (χ4v) is 12.0. The van der Waals surface area contributed by atoms with E-state index in [1.165, 1.54) is 9.80 Å². The molecule has 7 aliphatic rings. The number of carbonyl (C=O) groups excluding carboxylic acids is 8. The van der Waals surface area contributed by atoms with E-state index >= 15 is 0 Å². The number of amides is 3. The molecule has 2 aromatic carbocycles. The van der Waals surface area contributed by atoms with Crippen LogP contribution in [0.4, 0.5) is 22.7 Å². The number of hydrogen-bond acceptors (Lipinski definition) is 21. The quantitative estimate of drug-likeness (QED) is 0.0588. The van der Waals surface area contributed by atoms with Gasteiger partial charge in [0.25, 0.3) is 17.7 Å². The largest absolute Gasteiger partial charge is 0.508 e. The van der Waals surface area contributed by atoms with Crippen molar-refractivity contribution in [2.24, 2.45) is 35.1 Å². The van der Waals surface area contributed by atoms with Crippen LogP contribution in [0.2, 0.25) is 0 Å². The molecule has 2 unspecified atom stereocenters. The van der Waals surface area contributed by atoms with E-state index < -0.39 is 122 Å². The second-order valence-electron chi connectivity index (χ2n) is 20.4. The van der Waals surface area contributed by atoms with Crippen LogP contribution in [0.5, 0.6) is 11.5 Å². The van der Waals surface area contributed by atoms with Gasteiger partial charge in [0.1, 0.15) is 39.9 Å². The first-order valence-electron chi connectivity index (χ1n) is 23.5. The van der Waals surface area contributed by atoms with Gasteiger partial charge in [-0.2, -0.15) is 0 Å². The van der Waals surface area contributed by atoms with Crippen molar-refractivity contribution in [3.63, 3.8) is 0 Å². The molecule has 14 N–H and O–H groups in total. The highest BCUT2D eigenvalue weighted by Crippen LogP contribution is 2.57. The van der Waals surface area contributed by atoms with Crippen LogP contribution in [0.15, 0.2) is 45.9 Å². The Labute approximate surface area is 447 Å². The smallest absolute Gasteiger partial charge is 0.262 e. The number of aliphatic hydroxyl groups excluding tert-OH is 4. The standard InChI is InChI=1S/C25H28N4O8.C23H28N4O7.C2H2BrClO/c1-28(2)13-7-12-21(37-8-14(30)27-12)16-10(13)5-9-6-11-18(29(3)4)20(32)17(24(26)35)23(34)25(11,36)22(33)15(9)19(16)31;1-26(2)12-7-11(24)17(28)14-9(12)5-8-6-10-16(27(3)4)19(30)15(22(25)33)21(32)23(10,34)20(31)13(8)18(14)29;3-1-2(4)5/h7,9,11,18,31,34,36H,5-6,8H2,1-4H3,(H2,26,35)(H,27,30);7-8,10,16,28-29,32,34H,5-6,24H2,1-4H3,(H2,25,33);1H2/t9?,11-,18-,25-;8?,10-,16-,23-;/m00./s1. The number of nitrogens with two attached hydrogens (primary N) is 3. The second-order valence-corrected chi connectivity index (χ2v) is 21.3. The maximum Gasteiger partial charge on any atom is 0.262 e. The maximum atomic E-state index is 14.0. The minimum Gasteiger partial charge on any atom is -0.508 e. The number of carbonyl (C=O) groups is 8. The lowest BCUT2D eigenvalue weighted by atomic mass is 9.57. The van der Waals surface area contributed by atoms with Crippen molar-refractivity contribution in [1.29, 1.82) is 0 Å². The first-order valence-corrected chi connectivity index (χ1v) is 25.0. The Balaban J connectivity index is 0.000000204. The van der Waals surface area contributed by atoms with Crippen LogP contribution in [-0.4, -0.2) is 183 Å². The van der Waals surface area contributed by atoms with Gasteiger partial charge in [-0.15, -0.1) is 0 Å². The van der Waals surface area contributed by atoms with Gasteiger partial charge in [-0.25, -0.2) is 0 Å². The van der Waals surface area contributed by atoms with E-state index in [4.69, 9.17) is 33.5 Å². The summed E-state index contributed by atoms with van der Waals surface area (Å²) in [5, 5.41) is 81.0. The van der Waals surface area contributed by atoms with Crippen LogP contribution in [0.1, 0.15) is 35.1 Å². The maximum absolute atomic E-state index is 14.0. The first kappa shape index (κ1) is 56.7. The van der Waals surface area contributed by atoms with Gasteiger partial charge in [0.2, 0.25) is 16.8 Å². The zero-order valence-corrected chi connectivity index (χ0v) is 44.8. The fourth-order valence-electron chi connectivity index (χ4n) is 12.0. The Morgan fingerprint density at radius 3 is 1.49 bits per heavy atom. The van der Waals surface area contributed by atoms with Gasteiger partial charge in [0.05, 0.1) is 39.9 Å². The number of phenolic OH excluding ortho intramolecular Hbond substituents is 1. The summed E-state index contributed by atoms with van der Waals surface area (Å²) in [6.07, 6.45) is 0.541. The van der Waals surface area contributed by atoms with Crippen molar-refractivity contribution in [3.8, 4) is 11.5 Å². The number of nitrogen functional groups attached to an aromatic ring is 1. The lowest BCUT2D eigenvalue weighted by Crippen LogP contribution is -2.65. The van der Waals surface area contributed by atoms with Gasteiger partial charge in [0.15, 0.2) is 35.1 Å². The summed E-state index contributed by atoms with van der Waals surface area (Å²) in [4.78, 5) is 106. The van der Waals surface area contributed by atoms with Crippen LogP contribution < -0.4 is 37.1 Å². The molecule has 0 saturated heterocycles. The first-order chi connectivity index (χ1) is 35.3. The summed E-state index contributed by atoms with van der Waals surface area (Å²) in [5.74, 6) is -13.5. The molecule has 408 valence electrons. The highest BCUT2D eigenvalue weighted by Gasteiger charge is 2.66. The fraction of sp³-hybridized carbons (Fsp3) is 0.440. The minimum atomic E-state index is -2.66. The number of hydrogen-bond donors (Lipinski definition) is 11. The Hall–Kier alpha value is -7.03. The summed E-state index contributed by atoms with van der Waals surface area (Å²) >= 11 is 7.61. The van der Waals surface area contributed by atoms with Gasteiger partial charge in [0, 0.05) is 62.5 Å². The highest BCUT2D eigenvalue weighted by molar-refractivity contribution is 9.09. The summed E-state index contributed by atoms with van der Waals surface area (Å²) < 4.78 is 5.65. The van der Waals surface area contributed by atoms with E-state index in [2.05, 4.69) is 21.2 Å². The van der Waals surface area contributed by atoms with Crippen LogP contribution >= 0.6 is 27.5 Å². The molecule has 0 bridgehead atoms. The molecule has 0 aromatic heterocycles. The Morgan fingerprint density at radius 1 is 0.711 bits per heavy atom. The van der Waals surface area contributed by atoms with Gasteiger partial charge in [-0.1, -0.05) is 15.9 Å². The lowest BCUT2D eigenvalue weighted by molar-refractivity contribution is -0.155. The van der Waals surface area contributed by atoms with E-state index in [9.17, 15) is 74.1 Å². The predicted octanol–water partition coefficient (Wildman–Crippen LogP) is 0.414. The van der Waals surface area contributed by atoms with E-state index in [0.717, 1.165) is 0 Å². The highest BCUT2D eigenvalue weighted by atomic mass is 79.9. The van der Waals surface area contributed by atoms with Gasteiger partial charge >= 0.3 is 0 Å². The number of likely N-dealkylation sites (N-methyl/N-ethyl adjacent to an activating group) is 2. The number of primary amides is 2. The number of ketones is 4. The molecule has 6 aliphatic carbocycles. The third-order valence-corrected chi connectivity index (χ3v) is 16.1. The number of phenols is 1. The van der Waals surface area contributed by atoms with Gasteiger partial charge in [-0.05, 0) is 101 Å². The average molecular weight is 1140 g/mol. The number of rotatable bonds is 7. The molecular formula is C50H58BrClN8O16. The molecule has 26 heteroatoms. The Morgan fingerprint density at radius 2 is 1.11 bits per heavy atom. The van der Waals surface area contributed by atoms with Crippen molar-refractivity contribution in [1.82, 2.24) is 9.80 Å². The van der Waals surface area contributed by atoms with E-state index in [0.29, 0.717) is 28.2 Å². The number of halogens is 2. The number of fused-ring (bicyclic) bond motifs is 8. The molecule has 2 aromatic rings. The SMILES string of the molecule is CN(C)c1cc(N)c(O)c2c1CC1C[C@H]3[C@H](N(C)C)C(=O)C(C(N)=O)=C(O)[C@@]3(O)C(=O)C1=C2O.CN(C)c1cc2c(c3c1CC1C[C@H]4[C@H](N(C)C)C(=O)C(C(N)=O)=C(O)[C@@]4(O)C(=O)C1=C3O)OCC(=O)N2.O=C(Cl)CBr. The molecule has 0 spiro atoms. The number of benzene rings is 2. The third-order valence-electron chi connectivity index (χ3n) is 15.1. The van der Waals surface area contributed by atoms with Gasteiger partial charge < -0.3 is 72.8 Å². The van der Waals surface area contributed by atoms with E-state index in [-0.39, 0.29) is 82.5 Å². The number of nitrogens with one attached hydrogen (secondary N) is 1. The van der Waals surface area contributed by atoms with Crippen molar-refractivity contribution in [2.45, 2.75) is 49.0 Å². The lowest BCUT2D eigenvalue weighted by Gasteiger charge is -2.50. The summed E-state index contributed by atoms with van der Waals surface area (Å²) in [5.41, 5.74) is 12.3. The van der Waals surface area contributed by atoms with Crippen molar-refractivity contribution in [2.75, 3.05) is 89.2 Å². The topological polar surface area (TPSA) is 390 Å². The van der Waals surface area contributed by atoms with Crippen molar-refractivity contribution >= 4 is 108 Å². The average Bonchev–Trinajstić information content (AvgIpc) is 3.37. The van der Waals surface area contributed by atoms with Crippen molar-refractivity contribution < 1.29 is 78.8 Å². The molecule has 1 heterocycles. The molecule has 76 heavy (non-hydrogen) atoms. The van der Waals surface area contributed by atoms with Crippen LogP contribution in [0.3, 0.4) is 0 Å². The number of aromatic hydroxyl groups is 1. The monoisotopic (exact) mass is 1140 g/mol. The summed E-state index contributed by atoms with van der Waals surface area (Å²) in [7, 11) is 13.4. The van der Waals surface area contributed by atoms with Gasteiger partial charge in [-0.3, -0.25) is 48.2 Å². The molecular weight excluding hydrogens is 1080 g/mol. The molecule has 2 fully saturated rings. The Kier molecular flexibility index (Phi) is 15.0. The van der Waals surface area contributed by atoms with Crippen LogP contribution in [0, 0.1) is 23.7 Å². The molecule has 9 rings (SSSR count). The number of aliphatic hydroxyl groups is 6.